The van der Waals surface area contributed by atoms with E-state index in [2.05, 4.69) is 12.8 Å². The molecule has 40 heavy (non-hydrogen) atoms. The maximum atomic E-state index is 15.6. The lowest BCUT2D eigenvalue weighted by molar-refractivity contribution is -0.599. The van der Waals surface area contributed by atoms with Gasteiger partial charge in [-0.1, -0.05) is 6.07 Å². The number of anilines is 1. The van der Waals surface area contributed by atoms with Gasteiger partial charge in [0.2, 0.25) is 0 Å². The zero-order valence-corrected chi connectivity index (χ0v) is 23.1. The summed E-state index contributed by atoms with van der Waals surface area (Å²) in [6.45, 7) is 6.77. The van der Waals surface area contributed by atoms with Gasteiger partial charge in [0.05, 0.1) is 28.2 Å². The number of hydrogen-bond acceptors (Lipinski definition) is 4. The number of fused-ring (bicyclic) bond motifs is 3. The van der Waals surface area contributed by atoms with Gasteiger partial charge < -0.3 is 10.5 Å². The van der Waals surface area contributed by atoms with E-state index in [1.165, 1.54) is 33.2 Å². The van der Waals surface area contributed by atoms with Gasteiger partial charge in [0, 0.05) is 39.6 Å². The van der Waals surface area contributed by atoms with Crippen LogP contribution in [0.4, 0.5) is 23.8 Å². The van der Waals surface area contributed by atoms with Crippen LogP contribution in [0.3, 0.4) is 0 Å². The lowest BCUT2D eigenvalue weighted by Crippen LogP contribution is -2.42. The van der Waals surface area contributed by atoms with Crippen molar-refractivity contribution in [1.29, 1.82) is 5.26 Å². The highest BCUT2D eigenvalue weighted by atomic mass is 19.3. The average molecular weight is 559 g/mol. The number of rotatable bonds is 1. The zero-order chi connectivity index (χ0) is 29.4. The normalized spacial score (nSPS) is 23.0. The van der Waals surface area contributed by atoms with Crippen LogP contribution in [0.25, 0.3) is 0 Å². The molecule has 2 amide bonds. The highest BCUT2D eigenvalue weighted by Crippen LogP contribution is 2.47. The molecule has 2 N–H and O–H groups in total. The van der Waals surface area contributed by atoms with Crippen LogP contribution in [0.15, 0.2) is 29.1 Å². The summed E-state index contributed by atoms with van der Waals surface area (Å²) in [5.74, 6) is -4.33. The maximum Gasteiger partial charge on any atom is 0.320 e. The van der Waals surface area contributed by atoms with Gasteiger partial charge in [-0.05, 0) is 50.3 Å². The highest BCUT2D eigenvalue weighted by molar-refractivity contribution is 5.90. The summed E-state index contributed by atoms with van der Waals surface area (Å²) < 4.78 is 53.6. The standard InChI is InChI=1S/C29H34F3N5O3/c1-18-20-9-8-10-22(24(20)30)29(31,32)17-40-14-7-5-6-13-37(27(34)39)25-21(19(2)35(18)3)15-23(26(38)36(25)4)28(16-33)11-12-28/h8-10,15,18-19H,3,5-7,11-14,17H2,1-2,4H3,(H-,34,39)/p+1/t18-,19?/m1/s1. The molecule has 1 saturated carbocycles. The van der Waals surface area contributed by atoms with Gasteiger partial charge >= 0.3 is 6.03 Å². The molecule has 0 spiro atoms. The summed E-state index contributed by atoms with van der Waals surface area (Å²) in [4.78, 5) is 27.5. The molecule has 0 saturated heterocycles. The molecule has 1 aliphatic heterocycles. The van der Waals surface area contributed by atoms with Crippen molar-refractivity contribution in [2.24, 2.45) is 12.8 Å². The molecule has 1 aromatic carbocycles. The summed E-state index contributed by atoms with van der Waals surface area (Å²) in [6.07, 6.45) is 2.50. The molecule has 1 unspecified atom stereocenters. The molecule has 2 bridgehead atoms. The summed E-state index contributed by atoms with van der Waals surface area (Å²) in [6, 6.07) is 5.54. The fraction of sp³-hybridized carbons (Fsp3) is 0.517. The van der Waals surface area contributed by atoms with Crippen LogP contribution in [0.1, 0.15) is 80.3 Å². The number of carbonyl (C=O) groups excluding carboxylic acids is 1. The minimum Gasteiger partial charge on any atom is -0.375 e. The predicted molar refractivity (Wildman–Crippen MR) is 144 cm³/mol. The molecule has 1 aliphatic carbocycles. The largest absolute Gasteiger partial charge is 0.375 e. The maximum absolute atomic E-state index is 15.6. The molecule has 214 valence electrons. The van der Waals surface area contributed by atoms with E-state index in [1.807, 2.05) is 0 Å². The third-order valence-electron chi connectivity index (χ3n) is 8.18. The smallest absolute Gasteiger partial charge is 0.320 e. The van der Waals surface area contributed by atoms with Crippen molar-refractivity contribution in [2.45, 2.75) is 69.4 Å². The average Bonchev–Trinajstić information content (AvgIpc) is 3.71. The van der Waals surface area contributed by atoms with Gasteiger partial charge in [0.1, 0.15) is 25.0 Å². The Kier molecular flexibility index (Phi) is 8.13. The van der Waals surface area contributed by atoms with Crippen molar-refractivity contribution < 1.29 is 27.3 Å². The number of amides is 2. The van der Waals surface area contributed by atoms with Crippen LogP contribution < -0.4 is 16.2 Å². The van der Waals surface area contributed by atoms with Crippen molar-refractivity contribution in [3.05, 3.63) is 62.7 Å². The van der Waals surface area contributed by atoms with E-state index in [4.69, 9.17) is 10.5 Å². The summed E-state index contributed by atoms with van der Waals surface area (Å²) in [5, 5.41) is 9.84. The number of benzene rings is 1. The Morgan fingerprint density at radius 3 is 2.48 bits per heavy atom. The Labute approximate surface area is 231 Å². The first-order chi connectivity index (χ1) is 18.9. The monoisotopic (exact) mass is 558 g/mol. The molecule has 1 fully saturated rings. The Balaban J connectivity index is 1.91. The summed E-state index contributed by atoms with van der Waals surface area (Å²) in [7, 11) is 1.53. The second-order valence-corrected chi connectivity index (χ2v) is 10.8. The summed E-state index contributed by atoms with van der Waals surface area (Å²) in [5.41, 5.74) is 4.54. The lowest BCUT2D eigenvalue weighted by atomic mass is 9.94. The number of alkyl halides is 2. The van der Waals surface area contributed by atoms with Gasteiger partial charge in [-0.2, -0.15) is 14.0 Å². The number of pyridine rings is 1. The van der Waals surface area contributed by atoms with Gasteiger partial charge in [0.25, 0.3) is 11.5 Å². The molecule has 0 radical (unpaired) electrons. The quantitative estimate of drug-likeness (QED) is 0.508. The number of aromatic nitrogens is 1. The predicted octanol–water partition coefficient (Wildman–Crippen LogP) is 4.79. The molecule has 1 aromatic heterocycles. The number of nitriles is 1. The van der Waals surface area contributed by atoms with Crippen molar-refractivity contribution >= 4 is 18.6 Å². The third-order valence-corrected chi connectivity index (χ3v) is 8.18. The number of hydrogen-bond donors (Lipinski definition) is 1. The molecule has 2 aliphatic rings. The van der Waals surface area contributed by atoms with Crippen LogP contribution in [-0.4, -0.2) is 41.6 Å². The fourth-order valence-corrected chi connectivity index (χ4v) is 5.40. The number of nitrogens with zero attached hydrogens (tertiary/aromatic N) is 4. The molecular formula is C29H35F3N5O3+. The molecule has 11 heteroatoms. The van der Waals surface area contributed by atoms with Crippen molar-refractivity contribution in [2.75, 3.05) is 24.7 Å². The first kappa shape index (κ1) is 29.3. The van der Waals surface area contributed by atoms with Gasteiger partial charge in [-0.15, -0.1) is 0 Å². The van der Waals surface area contributed by atoms with Crippen LogP contribution in [-0.2, 0) is 23.1 Å². The van der Waals surface area contributed by atoms with Gasteiger partial charge in [0.15, 0.2) is 12.1 Å². The van der Waals surface area contributed by atoms with E-state index < -0.39 is 53.0 Å². The van der Waals surface area contributed by atoms with Crippen LogP contribution in [0, 0.1) is 17.1 Å². The molecule has 2 heterocycles. The Morgan fingerprint density at radius 2 is 1.85 bits per heavy atom. The number of halogens is 3. The van der Waals surface area contributed by atoms with Crippen LogP contribution in [0.2, 0.25) is 0 Å². The van der Waals surface area contributed by atoms with Crippen molar-refractivity contribution in [3.63, 3.8) is 0 Å². The number of primary amides is 1. The Hall–Kier alpha value is -3.65. The Bertz CT molecular complexity index is 1430. The molecule has 8 nitrogen and oxygen atoms in total. The fourth-order valence-electron chi connectivity index (χ4n) is 5.40. The van der Waals surface area contributed by atoms with Gasteiger partial charge in [-0.25, -0.2) is 13.8 Å². The third kappa shape index (κ3) is 5.24. The first-order valence-corrected chi connectivity index (χ1v) is 13.4. The second kappa shape index (κ2) is 11.1. The molecule has 2 aromatic rings. The van der Waals surface area contributed by atoms with E-state index in [0.717, 1.165) is 6.07 Å². The Morgan fingerprint density at radius 1 is 1.18 bits per heavy atom. The van der Waals surface area contributed by atoms with E-state index in [0.29, 0.717) is 43.2 Å². The topological polar surface area (TPSA) is 104 Å². The first-order valence-electron chi connectivity index (χ1n) is 13.4. The minimum atomic E-state index is -3.54. The highest BCUT2D eigenvalue weighted by Gasteiger charge is 2.48. The van der Waals surface area contributed by atoms with E-state index >= 15 is 4.39 Å². The van der Waals surface area contributed by atoms with Crippen LogP contribution >= 0.6 is 0 Å². The zero-order valence-electron chi connectivity index (χ0n) is 23.1. The summed E-state index contributed by atoms with van der Waals surface area (Å²) >= 11 is 0. The number of nitrogens with two attached hydrogens (primary N) is 1. The van der Waals surface area contributed by atoms with E-state index in [1.54, 1.807) is 19.9 Å². The number of urea groups is 1. The second-order valence-electron chi connectivity index (χ2n) is 10.8. The lowest BCUT2D eigenvalue weighted by Gasteiger charge is -2.29. The molecular weight excluding hydrogens is 523 g/mol. The number of carbonyl (C=O) groups is 1. The van der Waals surface area contributed by atoms with E-state index in [9.17, 15) is 23.6 Å². The van der Waals surface area contributed by atoms with E-state index in [-0.39, 0.29) is 24.5 Å². The van der Waals surface area contributed by atoms with Crippen molar-refractivity contribution in [3.8, 4) is 6.07 Å². The van der Waals surface area contributed by atoms with Crippen molar-refractivity contribution in [1.82, 2.24) is 4.57 Å². The number of ether oxygens (including phenoxy) is 1. The van der Waals surface area contributed by atoms with Gasteiger partial charge in [-0.3, -0.25) is 14.3 Å². The molecule has 4 rings (SSSR count). The SMILES string of the molecule is C=[N+]1C(C)c2cc(C3(C#N)CC3)c(=O)n(C)c2N(C(N)=O)CCCCCOCC(F)(F)c2cccc(c2F)[C@H]1C. The molecule has 2 atom stereocenters. The van der Waals surface area contributed by atoms with Crippen LogP contribution in [0.5, 0.6) is 0 Å². The minimum absolute atomic E-state index is 0.0115.